The summed E-state index contributed by atoms with van der Waals surface area (Å²) in [6.45, 7) is 14.9. The predicted octanol–water partition coefficient (Wildman–Crippen LogP) is 12.4. The van der Waals surface area contributed by atoms with Gasteiger partial charge >= 0.3 is 0 Å². The third kappa shape index (κ3) is 8.36. The normalized spacial score (nSPS) is 13.3. The lowest BCUT2D eigenvalue weighted by Crippen LogP contribution is -2.27. The maximum atomic E-state index is 6.35. The van der Waals surface area contributed by atoms with Crippen LogP contribution < -0.4 is 0 Å². The Morgan fingerprint density at radius 3 is 1.04 bits per heavy atom. The lowest BCUT2D eigenvalue weighted by Gasteiger charge is -2.19. The number of benzene rings is 6. The molecule has 0 spiro atoms. The lowest BCUT2D eigenvalue weighted by atomic mass is 9.99. The molecule has 6 heteroatoms. The molecule has 0 fully saturated rings. The second-order valence-corrected chi connectivity index (χ2v) is 23.6. The van der Waals surface area contributed by atoms with Crippen molar-refractivity contribution in [3.05, 3.63) is 109 Å². The van der Waals surface area contributed by atoms with Crippen LogP contribution in [0.1, 0.15) is 25.7 Å². The summed E-state index contributed by atoms with van der Waals surface area (Å²) in [4.78, 5) is 11.3. The molecule has 0 aliphatic heterocycles. The summed E-state index contributed by atoms with van der Waals surface area (Å²) >= 11 is 0. The van der Waals surface area contributed by atoms with Gasteiger partial charge in [0, 0.05) is 34.8 Å². The molecule has 48 heavy (non-hydrogen) atoms. The molecule has 6 aromatic rings. The van der Waals surface area contributed by atoms with E-state index < -0.39 is 16.6 Å². The minimum absolute atomic E-state index is 0.717. The van der Waals surface area contributed by atoms with Crippen LogP contribution in [0.5, 0.6) is 0 Å². The first-order valence-corrected chi connectivity index (χ1v) is 24.1. The molecule has 0 unspecified atom stereocenters. The predicted molar refractivity (Wildman–Crippen MR) is 214 cm³/mol. The van der Waals surface area contributed by atoms with Gasteiger partial charge < -0.3 is 8.85 Å². The van der Waals surface area contributed by atoms with Crippen molar-refractivity contribution in [2.75, 3.05) is 13.2 Å². The van der Waals surface area contributed by atoms with E-state index in [0.717, 1.165) is 70.0 Å². The molecule has 0 radical (unpaired) electrons. The van der Waals surface area contributed by atoms with Gasteiger partial charge in [0.25, 0.3) is 0 Å². The van der Waals surface area contributed by atoms with Crippen molar-refractivity contribution in [3.63, 3.8) is 0 Å². The zero-order chi connectivity index (χ0) is 33.7. The third-order valence-corrected chi connectivity index (χ3v) is 10.6. The molecule has 0 saturated heterocycles. The lowest BCUT2D eigenvalue weighted by molar-refractivity contribution is 0.306. The molecule has 0 aromatic heterocycles. The van der Waals surface area contributed by atoms with Gasteiger partial charge in [-0.2, -0.15) is 0 Å². The summed E-state index contributed by atoms with van der Waals surface area (Å²) < 4.78 is 12.7. The molecule has 0 aliphatic rings. The molecule has 0 saturated carbocycles. The van der Waals surface area contributed by atoms with Crippen LogP contribution in [0, 0.1) is 0 Å². The Kier molecular flexibility index (Phi) is 10.4. The van der Waals surface area contributed by atoms with Crippen molar-refractivity contribution in [2.24, 2.45) is 9.98 Å². The number of hydrogen-bond donors (Lipinski definition) is 0. The summed E-state index contributed by atoms with van der Waals surface area (Å²) in [6, 6.07) is 39.0. The molecule has 0 heterocycles. The highest BCUT2D eigenvalue weighted by Crippen LogP contribution is 2.38. The summed E-state index contributed by atoms with van der Waals surface area (Å²) in [7, 11) is -3.30. The maximum absolute atomic E-state index is 6.35. The first-order valence-electron chi connectivity index (χ1n) is 17.3. The molecule has 0 atom stereocenters. The molecule has 246 valence electrons. The van der Waals surface area contributed by atoms with E-state index in [1.165, 1.54) is 21.5 Å². The Morgan fingerprint density at radius 1 is 0.458 bits per heavy atom. The van der Waals surface area contributed by atoms with E-state index >= 15 is 0 Å². The van der Waals surface area contributed by atoms with Crippen LogP contribution in [0.4, 0.5) is 11.4 Å². The fourth-order valence-electron chi connectivity index (χ4n) is 6.26. The quantitative estimate of drug-likeness (QED) is 0.0532. The van der Waals surface area contributed by atoms with E-state index in [1.54, 1.807) is 0 Å². The van der Waals surface area contributed by atoms with Gasteiger partial charge in [0.2, 0.25) is 0 Å². The van der Waals surface area contributed by atoms with Crippen LogP contribution in [0.2, 0.25) is 39.3 Å². The van der Waals surface area contributed by atoms with Crippen LogP contribution in [-0.4, -0.2) is 41.3 Å². The van der Waals surface area contributed by atoms with E-state index in [9.17, 15) is 0 Å². The number of aliphatic imine (C=N–C) groups is 2. The highest BCUT2D eigenvalue weighted by atomic mass is 28.4. The zero-order valence-corrected chi connectivity index (χ0v) is 31.3. The van der Waals surface area contributed by atoms with Crippen LogP contribution in [0.15, 0.2) is 119 Å². The standard InChI is InChI=1S/C42H48N2O2Si2/c1-47(2,3)45-27-15-25-39(43-41-35-21-11-7-17-31(35)29-32-18-8-12-22-36(32)41)40(26-16-28-46-48(4,5)6)44-42-37-23-13-9-19-33(37)30-34-20-10-14-24-38(34)42/h7-14,17-24,29-30H,15-16,25-28H2,1-6H3. The first-order chi connectivity index (χ1) is 23.1. The average molecular weight is 669 g/mol. The summed E-state index contributed by atoms with van der Waals surface area (Å²) in [5.41, 5.74) is 4.08. The Hall–Kier alpha value is -3.95. The topological polar surface area (TPSA) is 43.2 Å². The van der Waals surface area contributed by atoms with Crippen molar-refractivity contribution in [1.29, 1.82) is 0 Å². The Labute approximate surface area is 287 Å². The monoisotopic (exact) mass is 668 g/mol. The highest BCUT2D eigenvalue weighted by Gasteiger charge is 2.19. The molecule has 0 N–H and O–H groups in total. The molecular formula is C42H48N2O2Si2. The molecule has 6 aromatic carbocycles. The van der Waals surface area contributed by atoms with Crippen LogP contribution in [0.25, 0.3) is 43.1 Å². The van der Waals surface area contributed by atoms with Gasteiger partial charge in [-0.05, 0) is 98.6 Å². The van der Waals surface area contributed by atoms with Crippen molar-refractivity contribution < 1.29 is 8.85 Å². The summed E-state index contributed by atoms with van der Waals surface area (Å²) in [5, 5.41) is 9.40. The molecular weight excluding hydrogens is 621 g/mol. The maximum Gasteiger partial charge on any atom is 0.183 e. The smallest absolute Gasteiger partial charge is 0.183 e. The molecule has 4 nitrogen and oxygen atoms in total. The van der Waals surface area contributed by atoms with Crippen LogP contribution >= 0.6 is 0 Å². The number of rotatable bonds is 13. The van der Waals surface area contributed by atoms with Crippen LogP contribution in [-0.2, 0) is 8.85 Å². The summed E-state index contributed by atoms with van der Waals surface area (Å²) in [5.74, 6) is 0. The SMILES string of the molecule is C[Si](C)(C)OCCCC(=Nc1c2ccccc2cc2ccccc12)C(CCCO[Si](C)(C)C)=Nc1c2ccccc2cc2ccccc12. The van der Waals surface area contributed by atoms with Gasteiger partial charge in [0.05, 0.1) is 22.8 Å². The van der Waals surface area contributed by atoms with Gasteiger partial charge in [-0.1, -0.05) is 97.1 Å². The van der Waals surface area contributed by atoms with Crippen molar-refractivity contribution in [3.8, 4) is 0 Å². The van der Waals surface area contributed by atoms with Crippen molar-refractivity contribution in [1.82, 2.24) is 0 Å². The van der Waals surface area contributed by atoms with Gasteiger partial charge in [-0.3, -0.25) is 9.98 Å². The second-order valence-electron chi connectivity index (χ2n) is 14.6. The van der Waals surface area contributed by atoms with Gasteiger partial charge in [-0.25, -0.2) is 0 Å². The largest absolute Gasteiger partial charge is 0.418 e. The number of hydrogen-bond acceptors (Lipinski definition) is 4. The highest BCUT2D eigenvalue weighted by molar-refractivity contribution is 6.70. The molecule has 6 rings (SSSR count). The van der Waals surface area contributed by atoms with Crippen LogP contribution in [0.3, 0.4) is 0 Å². The molecule has 0 bridgehead atoms. The summed E-state index contributed by atoms with van der Waals surface area (Å²) in [6.07, 6.45) is 3.32. The van der Waals surface area contributed by atoms with Gasteiger partial charge in [-0.15, -0.1) is 0 Å². The van der Waals surface area contributed by atoms with Crippen molar-refractivity contribution in [2.45, 2.75) is 65.0 Å². The fourth-order valence-corrected chi connectivity index (χ4v) is 7.77. The van der Waals surface area contributed by atoms with E-state index in [4.69, 9.17) is 18.8 Å². The fraction of sp³-hybridized carbons (Fsp3) is 0.286. The van der Waals surface area contributed by atoms with E-state index in [2.05, 4.69) is 148 Å². The third-order valence-electron chi connectivity index (χ3n) is 8.50. The minimum atomic E-state index is -1.65. The number of fused-ring (bicyclic) bond motifs is 4. The van der Waals surface area contributed by atoms with Gasteiger partial charge in [0.1, 0.15) is 0 Å². The molecule has 0 amide bonds. The molecule has 0 aliphatic carbocycles. The van der Waals surface area contributed by atoms with Crippen molar-refractivity contribution >= 4 is 82.5 Å². The minimum Gasteiger partial charge on any atom is -0.418 e. The Morgan fingerprint density at radius 2 is 0.750 bits per heavy atom. The second kappa shape index (κ2) is 14.7. The van der Waals surface area contributed by atoms with E-state index in [1.807, 2.05) is 0 Å². The van der Waals surface area contributed by atoms with E-state index in [-0.39, 0.29) is 0 Å². The Bertz CT molecular complexity index is 1860. The number of nitrogens with zero attached hydrogens (tertiary/aromatic N) is 2. The van der Waals surface area contributed by atoms with E-state index in [0.29, 0.717) is 13.2 Å². The first kappa shape index (κ1) is 33.9. The Balaban J connectivity index is 1.56. The zero-order valence-electron chi connectivity index (χ0n) is 29.3. The van der Waals surface area contributed by atoms with Gasteiger partial charge in [0.15, 0.2) is 16.6 Å². The average Bonchev–Trinajstić information content (AvgIpc) is 3.06.